The van der Waals surface area contributed by atoms with Crippen molar-refractivity contribution in [3.8, 4) is 0 Å². The monoisotopic (exact) mass is 369 g/mol. The first-order chi connectivity index (χ1) is 11.8. The summed E-state index contributed by atoms with van der Waals surface area (Å²) in [7, 11) is 2.53. The summed E-state index contributed by atoms with van der Waals surface area (Å²) >= 11 is 4.60. The zero-order chi connectivity index (χ0) is 19.0. The molecule has 1 aromatic rings. The molecule has 25 heavy (non-hydrogen) atoms. The SMILES string of the molecule is C=CCN(C(=O)OC)c1ccc(C2(C(=O)O)CC2)cc1.COC(=O)Cl. The lowest BCUT2D eigenvalue weighted by atomic mass is 9.96. The van der Waals surface area contributed by atoms with Gasteiger partial charge in [0.1, 0.15) is 0 Å². The minimum absolute atomic E-state index is 0.329. The second kappa shape index (κ2) is 9.08. The smallest absolute Gasteiger partial charge is 0.414 e. The van der Waals surface area contributed by atoms with E-state index in [1.54, 1.807) is 30.3 Å². The van der Waals surface area contributed by atoms with Crippen molar-refractivity contribution in [2.24, 2.45) is 0 Å². The van der Waals surface area contributed by atoms with E-state index in [0.29, 0.717) is 25.1 Å². The molecule has 0 aromatic heterocycles. The third-order valence-corrected chi connectivity index (χ3v) is 3.91. The number of carboxylic acids is 1. The Labute approximate surface area is 150 Å². The highest BCUT2D eigenvalue weighted by Crippen LogP contribution is 2.48. The van der Waals surface area contributed by atoms with Crippen LogP contribution in [0.3, 0.4) is 0 Å². The summed E-state index contributed by atoms with van der Waals surface area (Å²) in [6.07, 6.45) is 2.45. The molecule has 0 atom stereocenters. The molecule has 8 heteroatoms. The van der Waals surface area contributed by atoms with Crippen molar-refractivity contribution in [3.05, 3.63) is 42.5 Å². The number of halogens is 1. The molecule has 0 unspecified atom stereocenters. The van der Waals surface area contributed by atoms with Gasteiger partial charge in [0.25, 0.3) is 0 Å². The highest BCUT2D eigenvalue weighted by atomic mass is 35.5. The lowest BCUT2D eigenvalue weighted by Crippen LogP contribution is -2.30. The molecule has 1 aliphatic rings. The minimum atomic E-state index is -0.791. The van der Waals surface area contributed by atoms with Crippen LogP contribution < -0.4 is 4.90 Å². The Kier molecular flexibility index (Phi) is 7.44. The maximum atomic E-state index is 11.7. The molecule has 0 spiro atoms. The molecule has 7 nitrogen and oxygen atoms in total. The number of nitrogens with zero attached hydrogens (tertiary/aromatic N) is 1. The van der Waals surface area contributed by atoms with Gasteiger partial charge in [-0.25, -0.2) is 9.59 Å². The lowest BCUT2D eigenvalue weighted by molar-refractivity contribution is -0.140. The number of carbonyl (C=O) groups excluding carboxylic acids is 2. The molecule has 0 heterocycles. The average molecular weight is 370 g/mol. The Bertz CT molecular complexity index is 639. The maximum Gasteiger partial charge on any atom is 0.414 e. The quantitative estimate of drug-likeness (QED) is 0.630. The molecular formula is C17H20ClNO6. The van der Waals surface area contributed by atoms with Crippen molar-refractivity contribution in [1.29, 1.82) is 0 Å². The van der Waals surface area contributed by atoms with Gasteiger partial charge in [-0.05, 0) is 30.5 Å². The Hall–Kier alpha value is -2.54. The first kappa shape index (κ1) is 20.5. The van der Waals surface area contributed by atoms with Crippen molar-refractivity contribution < 1.29 is 29.0 Å². The van der Waals surface area contributed by atoms with Crippen LogP contribution >= 0.6 is 11.6 Å². The van der Waals surface area contributed by atoms with Gasteiger partial charge in [-0.1, -0.05) is 18.2 Å². The highest BCUT2D eigenvalue weighted by molar-refractivity contribution is 6.61. The van der Waals surface area contributed by atoms with Crippen LogP contribution in [0.15, 0.2) is 36.9 Å². The Morgan fingerprint density at radius 1 is 1.24 bits per heavy atom. The summed E-state index contributed by atoms with van der Waals surface area (Å²) in [6.45, 7) is 3.93. The number of benzene rings is 1. The standard InChI is InChI=1S/C15H17NO4.C2H3ClO2/c1-3-10-16(14(19)20-2)12-6-4-11(5-7-12)15(8-9-15)13(17)18;1-5-2(3)4/h3-7H,1,8-10H2,2H3,(H,17,18);1H3. The summed E-state index contributed by atoms with van der Waals surface area (Å²) in [5.74, 6) is -0.791. The number of carboxylic acid groups (broad SMARTS) is 1. The average Bonchev–Trinajstić information content (AvgIpc) is 3.42. The van der Waals surface area contributed by atoms with Gasteiger partial charge >= 0.3 is 17.5 Å². The molecule has 1 fully saturated rings. The van der Waals surface area contributed by atoms with E-state index in [4.69, 9.17) is 4.74 Å². The van der Waals surface area contributed by atoms with Gasteiger partial charge in [0.2, 0.25) is 0 Å². The van der Waals surface area contributed by atoms with Gasteiger partial charge in [0.15, 0.2) is 0 Å². The third kappa shape index (κ3) is 5.22. The molecule has 0 aliphatic heterocycles. The Balaban J connectivity index is 0.000000550. The molecule has 1 amide bonds. The molecular weight excluding hydrogens is 350 g/mol. The first-order valence-corrected chi connectivity index (χ1v) is 7.74. The van der Waals surface area contributed by atoms with E-state index in [-0.39, 0.29) is 0 Å². The number of hydrogen-bond acceptors (Lipinski definition) is 5. The van der Waals surface area contributed by atoms with Crippen LogP contribution in [0.25, 0.3) is 0 Å². The predicted molar refractivity (Wildman–Crippen MR) is 93.2 cm³/mol. The van der Waals surface area contributed by atoms with Crippen molar-refractivity contribution in [2.75, 3.05) is 25.7 Å². The minimum Gasteiger partial charge on any atom is -0.481 e. The summed E-state index contributed by atoms with van der Waals surface area (Å²) in [5, 5.41) is 9.25. The van der Waals surface area contributed by atoms with Gasteiger partial charge in [0.05, 0.1) is 19.6 Å². The molecule has 1 N–H and O–H groups in total. The van der Waals surface area contributed by atoms with Crippen molar-refractivity contribution in [3.63, 3.8) is 0 Å². The van der Waals surface area contributed by atoms with E-state index < -0.39 is 22.9 Å². The fraction of sp³-hybridized carbons (Fsp3) is 0.353. The van der Waals surface area contributed by atoms with Crippen LogP contribution in [0.5, 0.6) is 0 Å². The van der Waals surface area contributed by atoms with E-state index in [2.05, 4.69) is 22.9 Å². The predicted octanol–water partition coefficient (Wildman–Crippen LogP) is 3.55. The lowest BCUT2D eigenvalue weighted by Gasteiger charge is -2.20. The summed E-state index contributed by atoms with van der Waals surface area (Å²) in [4.78, 5) is 33.7. The number of aliphatic carboxylic acids is 1. The first-order valence-electron chi connectivity index (χ1n) is 7.36. The molecule has 136 valence electrons. The molecule has 0 bridgehead atoms. The molecule has 1 aliphatic carbocycles. The summed E-state index contributed by atoms with van der Waals surface area (Å²) < 4.78 is 8.59. The number of rotatable bonds is 5. The maximum absolute atomic E-state index is 11.7. The molecule has 0 saturated heterocycles. The van der Waals surface area contributed by atoms with Gasteiger partial charge in [0, 0.05) is 23.8 Å². The Morgan fingerprint density at radius 2 is 1.76 bits per heavy atom. The zero-order valence-corrected chi connectivity index (χ0v) is 14.8. The normalized spacial score (nSPS) is 13.6. The van der Waals surface area contributed by atoms with Crippen LogP contribution in [0.4, 0.5) is 15.3 Å². The second-order valence-electron chi connectivity index (χ2n) is 5.25. The third-order valence-electron chi connectivity index (χ3n) is 3.76. The number of anilines is 1. The summed E-state index contributed by atoms with van der Waals surface area (Å²) in [6, 6.07) is 6.99. The number of amides is 1. The topological polar surface area (TPSA) is 93.1 Å². The van der Waals surface area contributed by atoms with Crippen molar-refractivity contribution >= 4 is 34.8 Å². The van der Waals surface area contributed by atoms with Crippen LogP contribution in [-0.2, 0) is 19.7 Å². The van der Waals surface area contributed by atoms with E-state index >= 15 is 0 Å². The largest absolute Gasteiger partial charge is 0.481 e. The number of ether oxygens (including phenoxy) is 2. The number of carbonyl (C=O) groups is 3. The zero-order valence-electron chi connectivity index (χ0n) is 14.0. The van der Waals surface area contributed by atoms with Gasteiger partial charge in [-0.3, -0.25) is 9.69 Å². The second-order valence-corrected chi connectivity index (χ2v) is 5.55. The van der Waals surface area contributed by atoms with Crippen LogP contribution in [0.2, 0.25) is 0 Å². The molecule has 2 rings (SSSR count). The van der Waals surface area contributed by atoms with Crippen molar-refractivity contribution in [1.82, 2.24) is 0 Å². The number of methoxy groups -OCH3 is 2. The van der Waals surface area contributed by atoms with Gasteiger partial charge < -0.3 is 14.6 Å². The van der Waals surface area contributed by atoms with E-state index in [0.717, 1.165) is 5.56 Å². The van der Waals surface area contributed by atoms with Crippen molar-refractivity contribution in [2.45, 2.75) is 18.3 Å². The highest BCUT2D eigenvalue weighted by Gasteiger charge is 2.51. The van der Waals surface area contributed by atoms with Crippen LogP contribution in [0, 0.1) is 0 Å². The van der Waals surface area contributed by atoms with Gasteiger partial charge in [-0.2, -0.15) is 0 Å². The molecule has 1 aromatic carbocycles. The van der Waals surface area contributed by atoms with Crippen LogP contribution in [-0.4, -0.2) is 43.4 Å². The Morgan fingerprint density at radius 3 is 2.08 bits per heavy atom. The molecule has 0 radical (unpaired) electrons. The molecule has 1 saturated carbocycles. The number of hydrogen-bond donors (Lipinski definition) is 1. The fourth-order valence-electron chi connectivity index (χ4n) is 2.24. The van der Waals surface area contributed by atoms with Gasteiger partial charge in [-0.15, -0.1) is 6.58 Å². The van der Waals surface area contributed by atoms with Crippen LogP contribution in [0.1, 0.15) is 18.4 Å². The summed E-state index contributed by atoms with van der Waals surface area (Å²) in [5.41, 5.74) is -0.0728. The van der Waals surface area contributed by atoms with E-state index in [1.807, 2.05) is 0 Å². The van der Waals surface area contributed by atoms with E-state index in [9.17, 15) is 19.5 Å². The fourth-order valence-corrected chi connectivity index (χ4v) is 2.24. The van der Waals surface area contributed by atoms with E-state index in [1.165, 1.54) is 19.1 Å².